The van der Waals surface area contributed by atoms with Gasteiger partial charge in [-0.15, -0.1) is 0 Å². The Hall–Kier alpha value is -3.47. The summed E-state index contributed by atoms with van der Waals surface area (Å²) in [7, 11) is 1.53. The molecule has 1 aromatic carbocycles. The largest absolute Gasteiger partial charge is 0.493 e. The number of benzene rings is 1. The minimum absolute atomic E-state index is 0.353. The number of hydrogen-bond donors (Lipinski definition) is 0. The van der Waals surface area contributed by atoms with E-state index in [9.17, 15) is 4.79 Å². The molecule has 124 valence electrons. The maximum absolute atomic E-state index is 12.1. The normalized spacial score (nSPS) is 10.6. The number of carbonyl (C=O) groups excluding carboxylic acids is 1. The lowest BCUT2D eigenvalue weighted by Crippen LogP contribution is -2.09. The zero-order chi connectivity index (χ0) is 17.5. The Balaban J connectivity index is 1.78. The van der Waals surface area contributed by atoms with Gasteiger partial charge in [0.05, 0.1) is 18.4 Å². The number of rotatable bonds is 5. The van der Waals surface area contributed by atoms with Crippen LogP contribution in [-0.4, -0.2) is 23.0 Å². The minimum atomic E-state index is -0.483. The zero-order valence-corrected chi connectivity index (χ0v) is 13.6. The second-order valence-electron chi connectivity index (χ2n) is 5.13. The summed E-state index contributed by atoms with van der Waals surface area (Å²) in [6, 6.07) is 14.4. The topological polar surface area (TPSA) is 61.3 Å². The van der Waals surface area contributed by atoms with Gasteiger partial charge >= 0.3 is 5.97 Å². The van der Waals surface area contributed by atoms with Crippen molar-refractivity contribution in [3.63, 3.8) is 0 Å². The van der Waals surface area contributed by atoms with Crippen LogP contribution in [0.5, 0.6) is 11.5 Å². The molecular weight excluding hydrogens is 316 g/mol. The predicted octanol–water partition coefficient (Wildman–Crippen LogP) is 3.87. The molecule has 25 heavy (non-hydrogen) atoms. The molecule has 0 aliphatic carbocycles. The van der Waals surface area contributed by atoms with Crippen LogP contribution in [-0.2, 0) is 0 Å². The predicted molar refractivity (Wildman–Crippen MR) is 95.4 cm³/mol. The molecule has 3 rings (SSSR count). The van der Waals surface area contributed by atoms with Gasteiger partial charge in [0, 0.05) is 18.6 Å². The number of carbonyl (C=O) groups is 1. The van der Waals surface area contributed by atoms with Crippen molar-refractivity contribution in [2.24, 2.45) is 0 Å². The number of nitrogens with zero attached hydrogens (tertiary/aromatic N) is 2. The molecule has 5 heteroatoms. The van der Waals surface area contributed by atoms with Gasteiger partial charge in [-0.3, -0.25) is 9.97 Å². The van der Waals surface area contributed by atoms with Crippen LogP contribution in [0, 0.1) is 0 Å². The fourth-order valence-corrected chi connectivity index (χ4v) is 2.17. The molecule has 0 saturated carbocycles. The van der Waals surface area contributed by atoms with Crippen LogP contribution < -0.4 is 9.47 Å². The van der Waals surface area contributed by atoms with E-state index in [-0.39, 0.29) is 0 Å². The number of aromatic nitrogens is 2. The van der Waals surface area contributed by atoms with Gasteiger partial charge in [0.15, 0.2) is 11.5 Å². The summed E-state index contributed by atoms with van der Waals surface area (Å²) >= 11 is 0. The van der Waals surface area contributed by atoms with Crippen molar-refractivity contribution in [1.82, 2.24) is 9.97 Å². The van der Waals surface area contributed by atoms with Gasteiger partial charge in [0.1, 0.15) is 0 Å². The molecule has 0 aliphatic heterocycles. The van der Waals surface area contributed by atoms with Crippen molar-refractivity contribution in [3.8, 4) is 11.5 Å². The van der Waals surface area contributed by atoms with E-state index in [0.717, 1.165) is 11.3 Å². The fraction of sp³-hybridized carbons (Fsp3) is 0.0500. The fourth-order valence-electron chi connectivity index (χ4n) is 2.17. The lowest BCUT2D eigenvalue weighted by atomic mass is 10.1. The second kappa shape index (κ2) is 7.88. The smallest absolute Gasteiger partial charge is 0.345 e. The summed E-state index contributed by atoms with van der Waals surface area (Å²) in [6.07, 6.45) is 8.60. The first-order chi connectivity index (χ1) is 12.3. The molecule has 0 saturated heterocycles. The van der Waals surface area contributed by atoms with Gasteiger partial charge in [0.25, 0.3) is 0 Å². The lowest BCUT2D eigenvalue weighted by molar-refractivity contribution is 0.0729. The van der Waals surface area contributed by atoms with Gasteiger partial charge in [-0.1, -0.05) is 18.2 Å². The highest BCUT2D eigenvalue weighted by atomic mass is 16.6. The van der Waals surface area contributed by atoms with Crippen LogP contribution in [0.25, 0.3) is 12.2 Å². The van der Waals surface area contributed by atoms with Crippen LogP contribution >= 0.6 is 0 Å². The maximum Gasteiger partial charge on any atom is 0.345 e. The number of hydrogen-bond acceptors (Lipinski definition) is 5. The van der Waals surface area contributed by atoms with Gasteiger partial charge in [-0.2, -0.15) is 0 Å². The monoisotopic (exact) mass is 332 g/mol. The molecule has 0 unspecified atom stereocenters. The van der Waals surface area contributed by atoms with Crippen LogP contribution in [0.4, 0.5) is 0 Å². The van der Waals surface area contributed by atoms with E-state index >= 15 is 0 Å². The van der Waals surface area contributed by atoms with E-state index in [1.165, 1.54) is 13.3 Å². The quantitative estimate of drug-likeness (QED) is 0.524. The summed E-state index contributed by atoms with van der Waals surface area (Å²) in [5.74, 6) is 0.343. The Morgan fingerprint density at radius 2 is 1.92 bits per heavy atom. The van der Waals surface area contributed by atoms with E-state index in [1.807, 2.05) is 36.4 Å². The molecule has 3 aromatic rings. The van der Waals surface area contributed by atoms with Gasteiger partial charge in [-0.05, 0) is 48.0 Å². The molecule has 0 bridgehead atoms. The lowest BCUT2D eigenvalue weighted by Gasteiger charge is -2.10. The van der Waals surface area contributed by atoms with Crippen LogP contribution in [0.2, 0.25) is 0 Å². The van der Waals surface area contributed by atoms with E-state index in [0.29, 0.717) is 17.1 Å². The van der Waals surface area contributed by atoms with Gasteiger partial charge < -0.3 is 9.47 Å². The Morgan fingerprint density at radius 1 is 1.00 bits per heavy atom. The first-order valence-corrected chi connectivity index (χ1v) is 7.65. The highest BCUT2D eigenvalue weighted by Gasteiger charge is 2.12. The van der Waals surface area contributed by atoms with Crippen molar-refractivity contribution >= 4 is 18.1 Å². The molecule has 0 atom stereocenters. The Kier molecular flexibility index (Phi) is 5.16. The van der Waals surface area contributed by atoms with E-state index in [2.05, 4.69) is 9.97 Å². The van der Waals surface area contributed by atoms with Gasteiger partial charge in [-0.25, -0.2) is 4.79 Å². The van der Waals surface area contributed by atoms with E-state index in [1.54, 1.807) is 36.7 Å². The maximum atomic E-state index is 12.1. The number of ether oxygens (including phenoxy) is 2. The van der Waals surface area contributed by atoms with Gasteiger partial charge in [0.2, 0.25) is 0 Å². The van der Waals surface area contributed by atoms with Crippen molar-refractivity contribution in [1.29, 1.82) is 0 Å². The molecule has 0 N–H and O–H groups in total. The van der Waals surface area contributed by atoms with Crippen molar-refractivity contribution < 1.29 is 14.3 Å². The average Bonchev–Trinajstić information content (AvgIpc) is 2.68. The van der Waals surface area contributed by atoms with Crippen molar-refractivity contribution in [2.45, 2.75) is 0 Å². The number of esters is 1. The molecular formula is C20H16N2O3. The molecule has 2 aromatic heterocycles. The number of pyridine rings is 2. The second-order valence-corrected chi connectivity index (χ2v) is 5.13. The third kappa shape index (κ3) is 4.29. The zero-order valence-electron chi connectivity index (χ0n) is 13.6. The summed E-state index contributed by atoms with van der Waals surface area (Å²) in [5.41, 5.74) is 2.14. The highest BCUT2D eigenvalue weighted by molar-refractivity contribution is 5.91. The molecule has 0 spiro atoms. The Morgan fingerprint density at radius 3 is 2.64 bits per heavy atom. The number of methoxy groups -OCH3 is 1. The average molecular weight is 332 g/mol. The minimum Gasteiger partial charge on any atom is -0.493 e. The van der Waals surface area contributed by atoms with Crippen molar-refractivity contribution in [3.05, 3.63) is 83.9 Å². The highest BCUT2D eigenvalue weighted by Crippen LogP contribution is 2.29. The third-order valence-electron chi connectivity index (χ3n) is 3.42. The SMILES string of the molecule is COc1cc(/C=C/c2ccccn2)ccc1OC(=O)c1cccnc1. The molecule has 0 amide bonds. The summed E-state index contributed by atoms with van der Waals surface area (Å²) in [4.78, 5) is 20.3. The van der Waals surface area contributed by atoms with Crippen molar-refractivity contribution in [2.75, 3.05) is 7.11 Å². The Labute approximate surface area is 145 Å². The molecule has 0 aliphatic rings. The summed E-state index contributed by atoms with van der Waals surface area (Å²) < 4.78 is 10.7. The van der Waals surface area contributed by atoms with E-state index < -0.39 is 5.97 Å². The van der Waals surface area contributed by atoms with Crippen LogP contribution in [0.15, 0.2) is 67.1 Å². The molecule has 5 nitrogen and oxygen atoms in total. The first kappa shape index (κ1) is 16.4. The Bertz CT molecular complexity index is 878. The third-order valence-corrected chi connectivity index (χ3v) is 3.42. The van der Waals surface area contributed by atoms with E-state index in [4.69, 9.17) is 9.47 Å². The summed E-state index contributed by atoms with van der Waals surface area (Å²) in [5, 5.41) is 0. The first-order valence-electron chi connectivity index (χ1n) is 7.65. The van der Waals surface area contributed by atoms with Crippen LogP contribution in [0.3, 0.4) is 0 Å². The molecule has 0 radical (unpaired) electrons. The molecule has 0 fully saturated rings. The molecule has 2 heterocycles. The van der Waals surface area contributed by atoms with Crippen LogP contribution in [0.1, 0.15) is 21.6 Å². The summed E-state index contributed by atoms with van der Waals surface area (Å²) in [6.45, 7) is 0. The standard InChI is InChI=1S/C20H16N2O3/c1-24-19-13-15(7-9-17-6-2-3-12-22-17)8-10-18(19)25-20(23)16-5-4-11-21-14-16/h2-14H,1H3/b9-7+.